The Balaban J connectivity index is 2.27. The van der Waals surface area contributed by atoms with Crippen LogP contribution in [0.1, 0.15) is 10.4 Å². The molecule has 0 aliphatic rings. The zero-order valence-corrected chi connectivity index (χ0v) is 10.5. The Labute approximate surface area is 113 Å². The van der Waals surface area contributed by atoms with E-state index >= 15 is 0 Å². The van der Waals surface area contributed by atoms with Crippen molar-refractivity contribution in [2.24, 2.45) is 0 Å². The third kappa shape index (κ3) is 2.69. The number of hydrogen-bond acceptors (Lipinski definition) is 4. The van der Waals surface area contributed by atoms with Crippen LogP contribution >= 0.6 is 23.2 Å². The molecule has 1 aromatic carbocycles. The van der Waals surface area contributed by atoms with Crippen LogP contribution in [-0.2, 0) is 0 Å². The minimum absolute atomic E-state index is 0.0762. The van der Waals surface area contributed by atoms with E-state index < -0.39 is 0 Å². The molecule has 0 aliphatic carbocycles. The van der Waals surface area contributed by atoms with Gasteiger partial charge in [0.05, 0.1) is 0 Å². The lowest BCUT2D eigenvalue weighted by atomic mass is 10.2. The highest BCUT2D eigenvalue weighted by molar-refractivity contribution is 6.38. The van der Waals surface area contributed by atoms with Gasteiger partial charge in [0, 0.05) is 11.3 Å². The van der Waals surface area contributed by atoms with E-state index in [4.69, 9.17) is 28.9 Å². The van der Waals surface area contributed by atoms with Crippen LogP contribution in [-0.4, -0.2) is 15.9 Å². The van der Waals surface area contributed by atoms with E-state index in [1.807, 2.05) is 0 Å². The molecule has 0 bridgehead atoms. The van der Waals surface area contributed by atoms with Gasteiger partial charge in [-0.05, 0) is 18.2 Å². The molecular formula is C11H8Cl2N4O. The molecule has 7 heteroatoms. The molecule has 3 N–H and O–H groups in total. The van der Waals surface area contributed by atoms with Crippen molar-refractivity contribution in [1.82, 2.24) is 9.97 Å². The van der Waals surface area contributed by atoms with E-state index in [0.717, 1.165) is 0 Å². The average molecular weight is 283 g/mol. The molecule has 2 aromatic rings. The second kappa shape index (κ2) is 5.20. The first-order valence-electron chi connectivity index (χ1n) is 4.91. The maximum absolute atomic E-state index is 11.9. The van der Waals surface area contributed by atoms with E-state index in [1.165, 1.54) is 6.33 Å². The Morgan fingerprint density at radius 2 is 1.89 bits per heavy atom. The van der Waals surface area contributed by atoms with Crippen molar-refractivity contribution in [3.8, 4) is 0 Å². The summed E-state index contributed by atoms with van der Waals surface area (Å²) in [5.41, 5.74) is 6.65. The van der Waals surface area contributed by atoms with Gasteiger partial charge in [0.2, 0.25) is 0 Å². The van der Waals surface area contributed by atoms with Gasteiger partial charge in [-0.3, -0.25) is 4.79 Å². The maximum Gasteiger partial charge on any atom is 0.255 e. The van der Waals surface area contributed by atoms with Crippen LogP contribution in [0.5, 0.6) is 0 Å². The SMILES string of the molecule is Nc1cccc(C(=O)Nc2c(Cl)ncnc2Cl)c1. The molecule has 0 saturated carbocycles. The quantitative estimate of drug-likeness (QED) is 0.655. The Bertz CT molecular complexity index is 583. The molecule has 5 nitrogen and oxygen atoms in total. The van der Waals surface area contributed by atoms with E-state index in [1.54, 1.807) is 24.3 Å². The zero-order chi connectivity index (χ0) is 13.1. The molecule has 92 valence electrons. The van der Waals surface area contributed by atoms with E-state index in [-0.39, 0.29) is 21.9 Å². The predicted molar refractivity (Wildman–Crippen MR) is 70.9 cm³/mol. The first kappa shape index (κ1) is 12.6. The van der Waals surface area contributed by atoms with Crippen molar-refractivity contribution >= 4 is 40.5 Å². The van der Waals surface area contributed by atoms with Crippen LogP contribution < -0.4 is 11.1 Å². The summed E-state index contributed by atoms with van der Waals surface area (Å²) in [6.07, 6.45) is 1.21. The van der Waals surface area contributed by atoms with Crippen molar-refractivity contribution < 1.29 is 4.79 Å². The fourth-order valence-corrected chi connectivity index (χ4v) is 1.72. The predicted octanol–water partition coefficient (Wildman–Crippen LogP) is 2.62. The number of carbonyl (C=O) groups is 1. The molecule has 0 saturated heterocycles. The van der Waals surface area contributed by atoms with Gasteiger partial charge in [-0.15, -0.1) is 0 Å². The van der Waals surface area contributed by atoms with Crippen molar-refractivity contribution in [2.75, 3.05) is 11.1 Å². The molecule has 0 unspecified atom stereocenters. The van der Waals surface area contributed by atoms with Gasteiger partial charge in [0.1, 0.15) is 12.0 Å². The Morgan fingerprint density at radius 3 is 2.50 bits per heavy atom. The van der Waals surface area contributed by atoms with E-state index in [0.29, 0.717) is 11.3 Å². The lowest BCUT2D eigenvalue weighted by Crippen LogP contribution is -2.13. The zero-order valence-electron chi connectivity index (χ0n) is 9.02. The van der Waals surface area contributed by atoms with Crippen molar-refractivity contribution in [3.63, 3.8) is 0 Å². The Kier molecular flexibility index (Phi) is 3.64. The fourth-order valence-electron chi connectivity index (χ4n) is 1.31. The number of anilines is 2. The molecular weight excluding hydrogens is 275 g/mol. The van der Waals surface area contributed by atoms with Crippen LogP contribution in [0.2, 0.25) is 10.3 Å². The van der Waals surface area contributed by atoms with Gasteiger partial charge >= 0.3 is 0 Å². The number of hydrogen-bond donors (Lipinski definition) is 2. The van der Waals surface area contributed by atoms with Crippen molar-refractivity contribution in [3.05, 3.63) is 46.5 Å². The first-order chi connectivity index (χ1) is 8.58. The van der Waals surface area contributed by atoms with Gasteiger partial charge < -0.3 is 11.1 Å². The normalized spacial score (nSPS) is 10.1. The van der Waals surface area contributed by atoms with Crippen LogP contribution in [0, 0.1) is 0 Å². The summed E-state index contributed by atoms with van der Waals surface area (Å²) in [4.78, 5) is 19.4. The molecule has 2 rings (SSSR count). The standard InChI is InChI=1S/C11H8Cl2N4O/c12-9-8(10(13)16-5-15-9)17-11(18)6-2-1-3-7(14)4-6/h1-5H,14H2,(H,17,18). The monoisotopic (exact) mass is 282 g/mol. The lowest BCUT2D eigenvalue weighted by Gasteiger charge is -2.07. The summed E-state index contributed by atoms with van der Waals surface area (Å²) < 4.78 is 0. The summed E-state index contributed by atoms with van der Waals surface area (Å²) in [6.45, 7) is 0. The highest BCUT2D eigenvalue weighted by Gasteiger charge is 2.13. The number of rotatable bonds is 2. The summed E-state index contributed by atoms with van der Waals surface area (Å²) in [5.74, 6) is -0.388. The number of nitrogens with two attached hydrogens (primary N) is 1. The molecule has 0 radical (unpaired) electrons. The molecule has 1 amide bonds. The fraction of sp³-hybridized carbons (Fsp3) is 0. The van der Waals surface area contributed by atoms with Gasteiger partial charge in [0.25, 0.3) is 5.91 Å². The number of benzene rings is 1. The highest BCUT2D eigenvalue weighted by atomic mass is 35.5. The number of nitrogens with one attached hydrogen (secondary N) is 1. The summed E-state index contributed by atoms with van der Waals surface area (Å²) in [5, 5.41) is 2.69. The van der Waals surface area contributed by atoms with E-state index in [2.05, 4.69) is 15.3 Å². The summed E-state index contributed by atoms with van der Waals surface area (Å²) >= 11 is 11.6. The van der Waals surface area contributed by atoms with Gasteiger partial charge in [-0.25, -0.2) is 9.97 Å². The minimum Gasteiger partial charge on any atom is -0.399 e. The largest absolute Gasteiger partial charge is 0.399 e. The Hall–Kier alpha value is -1.85. The average Bonchev–Trinajstić information content (AvgIpc) is 2.34. The molecule has 1 aromatic heterocycles. The number of aromatic nitrogens is 2. The minimum atomic E-state index is -0.388. The molecule has 0 fully saturated rings. The number of nitrogens with zero attached hydrogens (tertiary/aromatic N) is 2. The number of carbonyl (C=O) groups excluding carboxylic acids is 1. The van der Waals surface area contributed by atoms with Crippen LogP contribution in [0.3, 0.4) is 0 Å². The summed E-state index contributed by atoms with van der Waals surface area (Å²) in [6, 6.07) is 6.52. The first-order valence-corrected chi connectivity index (χ1v) is 5.66. The highest BCUT2D eigenvalue weighted by Crippen LogP contribution is 2.26. The molecule has 0 spiro atoms. The topological polar surface area (TPSA) is 80.9 Å². The van der Waals surface area contributed by atoms with Gasteiger partial charge in [-0.2, -0.15) is 0 Å². The lowest BCUT2D eigenvalue weighted by molar-refractivity contribution is 0.102. The number of halogens is 2. The second-order valence-electron chi connectivity index (χ2n) is 3.41. The molecule has 0 aliphatic heterocycles. The maximum atomic E-state index is 11.9. The second-order valence-corrected chi connectivity index (χ2v) is 4.13. The molecule has 18 heavy (non-hydrogen) atoms. The van der Waals surface area contributed by atoms with Crippen molar-refractivity contribution in [1.29, 1.82) is 0 Å². The third-order valence-corrected chi connectivity index (χ3v) is 2.72. The van der Waals surface area contributed by atoms with E-state index in [9.17, 15) is 4.79 Å². The smallest absolute Gasteiger partial charge is 0.255 e. The number of nitrogen functional groups attached to an aromatic ring is 1. The summed E-state index contributed by atoms with van der Waals surface area (Å²) in [7, 11) is 0. The van der Waals surface area contributed by atoms with Gasteiger partial charge in [0.15, 0.2) is 10.3 Å². The number of amides is 1. The molecule has 0 atom stereocenters. The van der Waals surface area contributed by atoms with Crippen LogP contribution in [0.15, 0.2) is 30.6 Å². The van der Waals surface area contributed by atoms with Crippen LogP contribution in [0.4, 0.5) is 11.4 Å². The molecule has 1 heterocycles. The third-order valence-electron chi connectivity index (χ3n) is 2.14. The Morgan fingerprint density at radius 1 is 1.22 bits per heavy atom. The van der Waals surface area contributed by atoms with Crippen molar-refractivity contribution in [2.45, 2.75) is 0 Å². The van der Waals surface area contributed by atoms with Gasteiger partial charge in [-0.1, -0.05) is 29.3 Å². The van der Waals surface area contributed by atoms with Crippen LogP contribution in [0.25, 0.3) is 0 Å².